The lowest BCUT2D eigenvalue weighted by Gasteiger charge is -2.29. The van der Waals surface area contributed by atoms with Crippen LogP contribution in [0.3, 0.4) is 0 Å². The maximum Gasteiger partial charge on any atom is 0.323 e. The number of rotatable bonds is 4. The maximum absolute atomic E-state index is 11.8. The molecule has 1 heterocycles. The highest BCUT2D eigenvalue weighted by molar-refractivity contribution is 5.85. The molecule has 0 aromatic rings. The number of carbonyl (C=O) groups is 2. The molecule has 0 radical (unpaired) electrons. The number of carboxylic acid groups (broad SMARTS) is 1. The van der Waals surface area contributed by atoms with Crippen LogP contribution in [0.15, 0.2) is 0 Å². The summed E-state index contributed by atoms with van der Waals surface area (Å²) in [5, 5.41) is 17.6. The van der Waals surface area contributed by atoms with Crippen LogP contribution in [0.1, 0.15) is 25.7 Å². The van der Waals surface area contributed by atoms with Crippen LogP contribution >= 0.6 is 0 Å². The van der Waals surface area contributed by atoms with Gasteiger partial charge in [0.1, 0.15) is 6.54 Å². The molecule has 0 spiro atoms. The maximum atomic E-state index is 11.8. The quantitative estimate of drug-likeness (QED) is 0.584. The smallest absolute Gasteiger partial charge is 0.323 e. The summed E-state index contributed by atoms with van der Waals surface area (Å²) in [6.45, 7) is -0.388. The first-order valence-corrected chi connectivity index (χ1v) is 5.45. The SMILES string of the molecule is N[C@H]1CCC[C@H](CCO)N(CC(=O)O)C1=O. The molecule has 16 heavy (non-hydrogen) atoms. The second-order valence-electron chi connectivity index (χ2n) is 4.06. The second-order valence-corrected chi connectivity index (χ2v) is 4.06. The van der Waals surface area contributed by atoms with Crippen LogP contribution in [0.2, 0.25) is 0 Å². The van der Waals surface area contributed by atoms with Crippen LogP contribution in [0.25, 0.3) is 0 Å². The van der Waals surface area contributed by atoms with E-state index in [1.807, 2.05) is 0 Å². The van der Waals surface area contributed by atoms with Crippen molar-refractivity contribution < 1.29 is 19.8 Å². The van der Waals surface area contributed by atoms with Crippen molar-refractivity contribution in [3.8, 4) is 0 Å². The fourth-order valence-corrected chi connectivity index (χ4v) is 2.05. The highest BCUT2D eigenvalue weighted by Crippen LogP contribution is 2.19. The zero-order chi connectivity index (χ0) is 12.1. The Kier molecular flexibility index (Phi) is 4.70. The summed E-state index contributed by atoms with van der Waals surface area (Å²) < 4.78 is 0. The molecular weight excluding hydrogens is 212 g/mol. The van der Waals surface area contributed by atoms with E-state index in [4.69, 9.17) is 15.9 Å². The normalized spacial score (nSPS) is 26.6. The van der Waals surface area contributed by atoms with Crippen molar-refractivity contribution in [3.63, 3.8) is 0 Å². The Morgan fingerprint density at radius 2 is 2.19 bits per heavy atom. The number of aliphatic hydroxyl groups excluding tert-OH is 1. The van der Waals surface area contributed by atoms with Crippen molar-refractivity contribution in [1.29, 1.82) is 0 Å². The molecule has 1 rings (SSSR count). The number of carboxylic acids is 1. The Morgan fingerprint density at radius 1 is 1.50 bits per heavy atom. The zero-order valence-corrected chi connectivity index (χ0v) is 9.13. The Balaban J connectivity index is 2.79. The van der Waals surface area contributed by atoms with Crippen molar-refractivity contribution in [2.45, 2.75) is 37.8 Å². The highest BCUT2D eigenvalue weighted by Gasteiger charge is 2.31. The number of nitrogens with zero attached hydrogens (tertiary/aromatic N) is 1. The predicted octanol–water partition coefficient (Wildman–Crippen LogP) is -0.838. The van der Waals surface area contributed by atoms with E-state index in [0.717, 1.165) is 6.42 Å². The van der Waals surface area contributed by atoms with Crippen LogP contribution in [0, 0.1) is 0 Å². The molecule has 2 atom stereocenters. The number of carbonyl (C=O) groups excluding carboxylic acids is 1. The van der Waals surface area contributed by atoms with Crippen LogP contribution in [-0.4, -0.2) is 52.2 Å². The van der Waals surface area contributed by atoms with Gasteiger partial charge in [0, 0.05) is 12.6 Å². The summed E-state index contributed by atoms with van der Waals surface area (Å²) in [4.78, 5) is 23.8. The van der Waals surface area contributed by atoms with Crippen LogP contribution in [-0.2, 0) is 9.59 Å². The summed E-state index contributed by atoms with van der Waals surface area (Å²) in [7, 11) is 0. The molecule has 0 unspecified atom stereocenters. The van der Waals surface area contributed by atoms with Gasteiger partial charge in [-0.3, -0.25) is 9.59 Å². The minimum Gasteiger partial charge on any atom is -0.480 e. The van der Waals surface area contributed by atoms with Gasteiger partial charge in [-0.15, -0.1) is 0 Å². The lowest BCUT2D eigenvalue weighted by Crippen LogP contribution is -2.49. The molecule has 0 bridgehead atoms. The fraction of sp³-hybridized carbons (Fsp3) is 0.800. The summed E-state index contributed by atoms with van der Waals surface area (Å²) in [5.41, 5.74) is 5.66. The molecule has 0 saturated carbocycles. The number of nitrogens with two attached hydrogens (primary N) is 1. The summed E-state index contributed by atoms with van der Waals surface area (Å²) in [6, 6.07) is -0.815. The van der Waals surface area contributed by atoms with E-state index in [9.17, 15) is 9.59 Å². The van der Waals surface area contributed by atoms with Crippen LogP contribution in [0.5, 0.6) is 0 Å². The molecule has 1 fully saturated rings. The number of aliphatic carboxylic acids is 1. The summed E-state index contributed by atoms with van der Waals surface area (Å²) in [6.07, 6.45) is 2.48. The molecule has 1 aliphatic heterocycles. The lowest BCUT2D eigenvalue weighted by atomic mass is 10.1. The highest BCUT2D eigenvalue weighted by atomic mass is 16.4. The van der Waals surface area contributed by atoms with E-state index < -0.39 is 12.0 Å². The second kappa shape index (κ2) is 5.81. The molecule has 1 aliphatic rings. The molecule has 1 saturated heterocycles. The Bertz CT molecular complexity index is 270. The van der Waals surface area contributed by atoms with Gasteiger partial charge in [-0.05, 0) is 25.7 Å². The number of hydrogen-bond donors (Lipinski definition) is 3. The average molecular weight is 230 g/mol. The molecule has 0 aromatic carbocycles. The summed E-state index contributed by atoms with van der Waals surface area (Å²) in [5.74, 6) is -1.37. The van der Waals surface area contributed by atoms with Gasteiger partial charge in [-0.25, -0.2) is 0 Å². The zero-order valence-electron chi connectivity index (χ0n) is 9.13. The molecule has 1 amide bonds. The largest absolute Gasteiger partial charge is 0.480 e. The van der Waals surface area contributed by atoms with Gasteiger partial charge in [0.05, 0.1) is 6.04 Å². The van der Waals surface area contributed by atoms with Crippen molar-refractivity contribution >= 4 is 11.9 Å². The molecular formula is C10H18N2O4. The topological polar surface area (TPSA) is 104 Å². The molecule has 6 heteroatoms. The minimum absolute atomic E-state index is 0.0523. The number of hydrogen-bond acceptors (Lipinski definition) is 4. The Hall–Kier alpha value is -1.14. The average Bonchev–Trinajstić information content (AvgIpc) is 2.33. The van der Waals surface area contributed by atoms with Crippen LogP contribution < -0.4 is 5.73 Å². The van der Waals surface area contributed by atoms with Gasteiger partial charge in [-0.2, -0.15) is 0 Å². The minimum atomic E-state index is -1.05. The molecule has 6 nitrogen and oxygen atoms in total. The third-order valence-corrected chi connectivity index (χ3v) is 2.86. The van der Waals surface area contributed by atoms with Gasteiger partial charge in [0.25, 0.3) is 0 Å². The molecule has 92 valence electrons. The Morgan fingerprint density at radius 3 is 2.75 bits per heavy atom. The predicted molar refractivity (Wildman–Crippen MR) is 56.7 cm³/mol. The van der Waals surface area contributed by atoms with Gasteiger partial charge in [-0.1, -0.05) is 0 Å². The fourth-order valence-electron chi connectivity index (χ4n) is 2.05. The number of amides is 1. The van der Waals surface area contributed by atoms with E-state index in [2.05, 4.69) is 0 Å². The number of likely N-dealkylation sites (tertiary alicyclic amines) is 1. The lowest BCUT2D eigenvalue weighted by molar-refractivity contribution is -0.146. The van der Waals surface area contributed by atoms with Crippen molar-refractivity contribution in [3.05, 3.63) is 0 Å². The third-order valence-electron chi connectivity index (χ3n) is 2.86. The van der Waals surface area contributed by atoms with E-state index in [0.29, 0.717) is 19.3 Å². The van der Waals surface area contributed by atoms with Crippen molar-refractivity contribution in [2.75, 3.05) is 13.2 Å². The third kappa shape index (κ3) is 3.18. The molecule has 4 N–H and O–H groups in total. The molecule has 0 aliphatic carbocycles. The van der Waals surface area contributed by atoms with E-state index in [-0.39, 0.29) is 25.1 Å². The first-order chi connectivity index (χ1) is 7.56. The van der Waals surface area contributed by atoms with Gasteiger partial charge in [0.2, 0.25) is 5.91 Å². The van der Waals surface area contributed by atoms with E-state index >= 15 is 0 Å². The Labute approximate surface area is 94.0 Å². The molecule has 0 aromatic heterocycles. The van der Waals surface area contributed by atoms with Gasteiger partial charge in [0.15, 0.2) is 0 Å². The number of aliphatic hydroxyl groups is 1. The van der Waals surface area contributed by atoms with Crippen LogP contribution in [0.4, 0.5) is 0 Å². The first-order valence-electron chi connectivity index (χ1n) is 5.45. The standard InChI is InChI=1S/C10H18N2O4/c11-8-3-1-2-7(4-5-13)12(10(8)16)6-9(14)15/h7-8,13H,1-6,11H2,(H,14,15)/t7-,8+/m1/s1. The summed E-state index contributed by atoms with van der Waals surface area (Å²) >= 11 is 0. The van der Waals surface area contributed by atoms with Gasteiger partial charge >= 0.3 is 5.97 Å². The first kappa shape index (κ1) is 12.9. The van der Waals surface area contributed by atoms with Gasteiger partial charge < -0.3 is 20.8 Å². The van der Waals surface area contributed by atoms with Crippen molar-refractivity contribution in [2.24, 2.45) is 5.73 Å². The van der Waals surface area contributed by atoms with Crippen molar-refractivity contribution in [1.82, 2.24) is 4.90 Å². The van der Waals surface area contributed by atoms with E-state index in [1.54, 1.807) is 0 Å². The van der Waals surface area contributed by atoms with E-state index in [1.165, 1.54) is 4.90 Å². The monoisotopic (exact) mass is 230 g/mol.